The minimum absolute atomic E-state index is 0.122. The first-order valence-corrected chi connectivity index (χ1v) is 10.9. The third kappa shape index (κ3) is 2.32. The average molecular weight is 372 g/mol. The maximum atomic E-state index is 2.50. The van der Waals surface area contributed by atoms with Crippen molar-refractivity contribution in [1.82, 2.24) is 0 Å². The Kier molecular flexibility index (Phi) is 4.73. The van der Waals surface area contributed by atoms with E-state index in [9.17, 15) is 0 Å². The largest absolute Gasteiger partial charge is 0.344 e. The molecule has 0 aliphatic carbocycles. The maximum absolute atomic E-state index is 2.50. The van der Waals surface area contributed by atoms with Crippen molar-refractivity contribution < 1.29 is 0 Å². The Balaban J connectivity index is 2.20. The van der Waals surface area contributed by atoms with Gasteiger partial charge < -0.3 is 4.90 Å². The lowest BCUT2D eigenvalue weighted by atomic mass is 9.52. The summed E-state index contributed by atoms with van der Waals surface area (Å²) in [6.07, 6.45) is 4.61. The summed E-state index contributed by atoms with van der Waals surface area (Å²) < 4.78 is 0. The first-order valence-electron chi connectivity index (χ1n) is 10.9. The van der Waals surface area contributed by atoms with Gasteiger partial charge in [0.05, 0.1) is 0 Å². The smallest absolute Gasteiger partial charge is 0.0453 e. The molecule has 0 saturated carbocycles. The number of nitrogens with zero attached hydrogens (tertiary/aromatic N) is 1. The van der Waals surface area contributed by atoms with Crippen molar-refractivity contribution in [3.63, 3.8) is 0 Å². The third-order valence-electron chi connectivity index (χ3n) is 7.85. The van der Waals surface area contributed by atoms with Crippen LogP contribution in [0.25, 0.3) is 10.8 Å². The number of benzene rings is 3. The van der Waals surface area contributed by atoms with Gasteiger partial charge in [0.25, 0.3) is 0 Å². The average Bonchev–Trinajstić information content (AvgIpc) is 2.83. The zero-order chi connectivity index (χ0) is 19.9. The summed E-state index contributed by atoms with van der Waals surface area (Å²) >= 11 is 0. The zero-order valence-corrected chi connectivity index (χ0v) is 18.0. The van der Waals surface area contributed by atoms with Crippen LogP contribution >= 0.6 is 0 Å². The first kappa shape index (κ1) is 19.1. The van der Waals surface area contributed by atoms with Gasteiger partial charge in [-0.05, 0) is 65.8 Å². The molecule has 1 nitrogen and oxygen atoms in total. The van der Waals surface area contributed by atoms with E-state index in [1.54, 1.807) is 0 Å². The molecule has 0 N–H and O–H groups in total. The highest BCUT2D eigenvalue weighted by atomic mass is 15.1. The van der Waals surface area contributed by atoms with Crippen LogP contribution in [0.2, 0.25) is 0 Å². The van der Waals surface area contributed by atoms with Crippen molar-refractivity contribution in [1.29, 1.82) is 0 Å². The van der Waals surface area contributed by atoms with Gasteiger partial charge >= 0.3 is 0 Å². The van der Waals surface area contributed by atoms with E-state index in [0.717, 1.165) is 25.7 Å². The van der Waals surface area contributed by atoms with Gasteiger partial charge in [0.1, 0.15) is 0 Å². The fourth-order valence-corrected chi connectivity index (χ4v) is 6.32. The van der Waals surface area contributed by atoms with Crippen molar-refractivity contribution in [2.45, 2.75) is 64.2 Å². The topological polar surface area (TPSA) is 3.24 Å². The van der Waals surface area contributed by atoms with Gasteiger partial charge in [-0.15, -0.1) is 0 Å². The maximum Gasteiger partial charge on any atom is 0.0453 e. The quantitative estimate of drug-likeness (QED) is 0.453. The number of rotatable bonds is 4. The Labute approximate surface area is 170 Å². The van der Waals surface area contributed by atoms with Gasteiger partial charge in [-0.2, -0.15) is 0 Å². The van der Waals surface area contributed by atoms with E-state index >= 15 is 0 Å². The molecule has 0 unspecified atom stereocenters. The van der Waals surface area contributed by atoms with Gasteiger partial charge in [0.2, 0.25) is 0 Å². The fraction of sp³-hybridized carbons (Fsp3) is 0.407. The zero-order valence-electron chi connectivity index (χ0n) is 18.0. The molecule has 0 amide bonds. The molecule has 3 aromatic carbocycles. The molecule has 1 heteroatoms. The predicted molar refractivity (Wildman–Crippen MR) is 123 cm³/mol. The van der Waals surface area contributed by atoms with Gasteiger partial charge in [0.15, 0.2) is 0 Å². The van der Waals surface area contributed by atoms with Crippen LogP contribution in [0.1, 0.15) is 64.5 Å². The summed E-state index contributed by atoms with van der Waals surface area (Å²) in [6.45, 7) is 9.59. The lowest BCUT2D eigenvalue weighted by Gasteiger charge is -2.50. The second-order valence-electron chi connectivity index (χ2n) is 8.37. The van der Waals surface area contributed by atoms with Crippen LogP contribution < -0.4 is 4.90 Å². The van der Waals surface area contributed by atoms with E-state index in [1.807, 2.05) is 0 Å². The first-order chi connectivity index (χ1) is 13.6. The Morgan fingerprint density at radius 2 is 1.11 bits per heavy atom. The standard InChI is InChI=1S/C27H33N/c1-6-26(7-2)22-16-12-13-17-24(22)28(5)25-19-21-15-11-10-14-20(21)18-23(25)27(26,8-3)9-4/h10-19H,6-9H2,1-5H3. The SMILES string of the molecule is CCC1(CC)c2ccccc2N(C)c2cc3ccccc3cc2C1(CC)CC. The molecule has 3 aromatic rings. The summed E-state index contributed by atoms with van der Waals surface area (Å²) in [5, 5.41) is 2.68. The van der Waals surface area contributed by atoms with Crippen LogP contribution in [0.3, 0.4) is 0 Å². The van der Waals surface area contributed by atoms with E-state index < -0.39 is 0 Å². The Morgan fingerprint density at radius 3 is 1.71 bits per heavy atom. The van der Waals surface area contributed by atoms with Crippen LogP contribution in [-0.2, 0) is 10.8 Å². The molecule has 28 heavy (non-hydrogen) atoms. The van der Waals surface area contributed by atoms with Crippen LogP contribution in [0.15, 0.2) is 60.7 Å². The van der Waals surface area contributed by atoms with Crippen LogP contribution in [0, 0.1) is 0 Å². The Hall–Kier alpha value is -2.28. The number of fused-ring (bicyclic) bond motifs is 3. The Morgan fingerprint density at radius 1 is 0.607 bits per heavy atom. The highest BCUT2D eigenvalue weighted by molar-refractivity contribution is 5.90. The molecule has 0 spiro atoms. The van der Waals surface area contributed by atoms with Crippen molar-refractivity contribution in [3.8, 4) is 0 Å². The number of anilines is 2. The molecule has 0 radical (unpaired) electrons. The van der Waals surface area contributed by atoms with E-state index in [1.165, 1.54) is 33.3 Å². The van der Waals surface area contributed by atoms with E-state index in [2.05, 4.69) is 100 Å². The highest BCUT2D eigenvalue weighted by Gasteiger charge is 2.52. The minimum atomic E-state index is 0.122. The monoisotopic (exact) mass is 371 g/mol. The van der Waals surface area contributed by atoms with Crippen molar-refractivity contribution in [3.05, 3.63) is 71.8 Å². The molecule has 0 bridgehead atoms. The van der Waals surface area contributed by atoms with E-state index in [-0.39, 0.29) is 10.8 Å². The molecular formula is C27H33N. The van der Waals surface area contributed by atoms with E-state index in [4.69, 9.17) is 0 Å². The van der Waals surface area contributed by atoms with Crippen LogP contribution in [0.5, 0.6) is 0 Å². The van der Waals surface area contributed by atoms with Gasteiger partial charge in [-0.3, -0.25) is 0 Å². The van der Waals surface area contributed by atoms with Crippen LogP contribution in [-0.4, -0.2) is 7.05 Å². The summed E-state index contributed by atoms with van der Waals surface area (Å²) in [6, 6.07) is 22.9. The molecule has 1 heterocycles. The van der Waals surface area contributed by atoms with Crippen molar-refractivity contribution in [2.75, 3.05) is 11.9 Å². The van der Waals surface area contributed by atoms with Gasteiger partial charge in [-0.25, -0.2) is 0 Å². The lowest BCUT2D eigenvalue weighted by Crippen LogP contribution is -2.47. The van der Waals surface area contributed by atoms with E-state index in [0.29, 0.717) is 0 Å². The molecule has 0 saturated heterocycles. The lowest BCUT2D eigenvalue weighted by molar-refractivity contribution is 0.180. The van der Waals surface area contributed by atoms with Crippen LogP contribution in [0.4, 0.5) is 11.4 Å². The van der Waals surface area contributed by atoms with Crippen molar-refractivity contribution >= 4 is 22.1 Å². The highest BCUT2D eigenvalue weighted by Crippen LogP contribution is 2.60. The molecule has 0 fully saturated rings. The second kappa shape index (κ2) is 6.95. The number of para-hydroxylation sites is 1. The molecule has 0 aromatic heterocycles. The number of hydrogen-bond acceptors (Lipinski definition) is 1. The summed E-state index contributed by atoms with van der Waals surface area (Å²) in [5.41, 5.74) is 6.04. The second-order valence-corrected chi connectivity index (χ2v) is 8.37. The van der Waals surface area contributed by atoms with Gasteiger partial charge in [-0.1, -0.05) is 70.2 Å². The summed E-state index contributed by atoms with van der Waals surface area (Å²) in [7, 11) is 2.25. The molecule has 146 valence electrons. The Bertz CT molecular complexity index is 992. The van der Waals surface area contributed by atoms with Gasteiger partial charge in [0, 0.05) is 29.3 Å². The third-order valence-corrected chi connectivity index (χ3v) is 7.85. The number of hydrogen-bond donors (Lipinski definition) is 0. The molecule has 1 aliphatic heterocycles. The summed E-state index contributed by atoms with van der Waals surface area (Å²) in [4.78, 5) is 2.45. The summed E-state index contributed by atoms with van der Waals surface area (Å²) in [5.74, 6) is 0. The van der Waals surface area contributed by atoms with Crippen molar-refractivity contribution in [2.24, 2.45) is 0 Å². The fourth-order valence-electron chi connectivity index (χ4n) is 6.32. The predicted octanol–water partition coefficient (Wildman–Crippen LogP) is 7.74. The molecule has 0 atom stereocenters. The normalized spacial score (nSPS) is 17.1. The molecule has 4 rings (SSSR count). The minimum Gasteiger partial charge on any atom is -0.344 e. The molecule has 1 aliphatic rings. The molecular weight excluding hydrogens is 338 g/mol.